The van der Waals surface area contributed by atoms with Crippen molar-refractivity contribution in [1.82, 2.24) is 20.2 Å². The van der Waals surface area contributed by atoms with Crippen LogP contribution in [0.2, 0.25) is 0 Å². The Bertz CT molecular complexity index is 420. The molecule has 1 N–H and O–H groups in total. The van der Waals surface area contributed by atoms with Gasteiger partial charge in [0, 0.05) is 5.92 Å². The zero-order valence-electron chi connectivity index (χ0n) is 9.08. The van der Waals surface area contributed by atoms with Gasteiger partial charge >= 0.3 is 5.97 Å². The van der Waals surface area contributed by atoms with Crippen molar-refractivity contribution in [3.05, 3.63) is 5.82 Å². The molecule has 3 unspecified atom stereocenters. The average molecular weight is 222 g/mol. The fourth-order valence-electron chi connectivity index (χ4n) is 3.00. The molecule has 0 aliphatic heterocycles. The Morgan fingerprint density at radius 3 is 2.81 bits per heavy atom. The molecular formula is C10H14N4O2. The first-order valence-corrected chi connectivity index (χ1v) is 5.70. The van der Waals surface area contributed by atoms with Crippen LogP contribution in [0.25, 0.3) is 0 Å². The van der Waals surface area contributed by atoms with E-state index in [1.807, 2.05) is 0 Å². The van der Waals surface area contributed by atoms with Crippen LogP contribution in [0.5, 0.6) is 0 Å². The van der Waals surface area contributed by atoms with Gasteiger partial charge in [0.15, 0.2) is 5.82 Å². The van der Waals surface area contributed by atoms with Crippen LogP contribution < -0.4 is 0 Å². The molecule has 3 atom stereocenters. The van der Waals surface area contributed by atoms with Crippen LogP contribution in [-0.4, -0.2) is 31.3 Å². The number of aromatic nitrogens is 4. The van der Waals surface area contributed by atoms with E-state index in [1.54, 1.807) is 6.92 Å². The van der Waals surface area contributed by atoms with Gasteiger partial charge in [-0.1, -0.05) is 6.42 Å². The number of hydrogen-bond acceptors (Lipinski definition) is 4. The summed E-state index contributed by atoms with van der Waals surface area (Å²) < 4.78 is 1.46. The Kier molecular flexibility index (Phi) is 1.99. The minimum absolute atomic E-state index is 0.408. The molecule has 0 spiro atoms. The van der Waals surface area contributed by atoms with Gasteiger partial charge < -0.3 is 5.11 Å². The molecule has 1 heterocycles. The lowest BCUT2D eigenvalue weighted by atomic mass is 10.1. The van der Waals surface area contributed by atoms with Crippen LogP contribution in [-0.2, 0) is 4.79 Å². The van der Waals surface area contributed by atoms with Gasteiger partial charge in [0.2, 0.25) is 0 Å². The molecule has 1 aromatic rings. The van der Waals surface area contributed by atoms with Crippen molar-refractivity contribution in [2.45, 2.75) is 38.1 Å². The summed E-state index contributed by atoms with van der Waals surface area (Å²) in [7, 11) is 0. The number of aliphatic carboxylic acids is 1. The largest absolute Gasteiger partial charge is 0.480 e. The third-order valence-electron chi connectivity index (χ3n) is 3.95. The van der Waals surface area contributed by atoms with E-state index in [9.17, 15) is 4.79 Å². The van der Waals surface area contributed by atoms with Gasteiger partial charge in [-0.3, -0.25) is 0 Å². The Morgan fingerprint density at radius 1 is 1.50 bits per heavy atom. The number of carboxylic acid groups (broad SMARTS) is 1. The third-order valence-corrected chi connectivity index (χ3v) is 3.95. The minimum atomic E-state index is -0.889. The topological polar surface area (TPSA) is 80.9 Å². The second kappa shape index (κ2) is 3.26. The zero-order chi connectivity index (χ0) is 11.3. The maximum absolute atomic E-state index is 10.9. The fraction of sp³-hybridized carbons (Fsp3) is 0.800. The van der Waals surface area contributed by atoms with Gasteiger partial charge in [0.1, 0.15) is 6.04 Å². The number of nitrogens with zero attached hydrogens (tertiary/aromatic N) is 4. The predicted molar refractivity (Wildman–Crippen MR) is 53.7 cm³/mol. The average Bonchev–Trinajstić information content (AvgIpc) is 2.75. The third kappa shape index (κ3) is 1.25. The second-order valence-electron chi connectivity index (χ2n) is 4.78. The first kappa shape index (κ1) is 9.74. The van der Waals surface area contributed by atoms with E-state index < -0.39 is 12.0 Å². The smallest absolute Gasteiger partial charge is 0.328 e. The molecule has 0 radical (unpaired) electrons. The maximum Gasteiger partial charge on any atom is 0.328 e. The Hall–Kier alpha value is -1.46. The first-order valence-electron chi connectivity index (χ1n) is 5.70. The van der Waals surface area contributed by atoms with Crippen molar-refractivity contribution < 1.29 is 9.90 Å². The predicted octanol–water partition coefficient (Wildman–Crippen LogP) is 0.832. The molecule has 1 aromatic heterocycles. The molecule has 0 aromatic carbocycles. The molecular weight excluding hydrogens is 208 g/mol. The van der Waals surface area contributed by atoms with E-state index >= 15 is 0 Å². The molecule has 3 rings (SSSR count). The van der Waals surface area contributed by atoms with Crippen LogP contribution >= 0.6 is 0 Å². The highest BCUT2D eigenvalue weighted by atomic mass is 16.4. The summed E-state index contributed by atoms with van der Waals surface area (Å²) in [5.74, 6) is 1.69. The summed E-state index contributed by atoms with van der Waals surface area (Å²) in [5, 5.41) is 20.4. The van der Waals surface area contributed by atoms with E-state index in [4.69, 9.17) is 5.11 Å². The zero-order valence-corrected chi connectivity index (χ0v) is 9.08. The quantitative estimate of drug-likeness (QED) is 0.819. The van der Waals surface area contributed by atoms with Gasteiger partial charge in [-0.2, -0.15) is 0 Å². The molecule has 16 heavy (non-hydrogen) atoms. The van der Waals surface area contributed by atoms with Crippen molar-refractivity contribution in [1.29, 1.82) is 0 Å². The van der Waals surface area contributed by atoms with Crippen LogP contribution in [0, 0.1) is 11.8 Å². The van der Waals surface area contributed by atoms with Gasteiger partial charge in [0.25, 0.3) is 0 Å². The molecule has 2 saturated carbocycles. The summed E-state index contributed by atoms with van der Waals surface area (Å²) >= 11 is 0. The van der Waals surface area contributed by atoms with E-state index in [0.29, 0.717) is 17.8 Å². The van der Waals surface area contributed by atoms with Gasteiger partial charge in [0.05, 0.1) is 0 Å². The summed E-state index contributed by atoms with van der Waals surface area (Å²) in [6.45, 7) is 1.61. The van der Waals surface area contributed by atoms with Gasteiger partial charge in [-0.15, -0.1) is 5.10 Å². The Balaban J connectivity index is 1.86. The molecule has 2 aliphatic carbocycles. The molecule has 6 nitrogen and oxygen atoms in total. The van der Waals surface area contributed by atoms with Crippen LogP contribution in [0.15, 0.2) is 0 Å². The highest BCUT2D eigenvalue weighted by molar-refractivity contribution is 5.71. The summed E-state index contributed by atoms with van der Waals surface area (Å²) in [6, 6.07) is -0.675. The lowest BCUT2D eigenvalue weighted by molar-refractivity contribution is -0.140. The second-order valence-corrected chi connectivity index (χ2v) is 4.78. The molecule has 0 bridgehead atoms. The fourth-order valence-corrected chi connectivity index (χ4v) is 3.00. The molecule has 0 amide bonds. The monoisotopic (exact) mass is 222 g/mol. The maximum atomic E-state index is 10.9. The number of carbonyl (C=O) groups is 1. The Labute approximate surface area is 92.6 Å². The highest BCUT2D eigenvalue weighted by Crippen LogP contribution is 2.62. The van der Waals surface area contributed by atoms with Crippen LogP contribution in [0.3, 0.4) is 0 Å². The minimum Gasteiger partial charge on any atom is -0.480 e. The molecule has 86 valence electrons. The van der Waals surface area contributed by atoms with Crippen molar-refractivity contribution in [2.24, 2.45) is 11.8 Å². The highest BCUT2D eigenvalue weighted by Gasteiger charge is 2.56. The summed E-state index contributed by atoms with van der Waals surface area (Å²) in [4.78, 5) is 10.9. The molecule has 2 aliphatic rings. The first-order chi connectivity index (χ1) is 7.70. The molecule has 2 fully saturated rings. The van der Waals surface area contributed by atoms with Crippen LogP contribution in [0.1, 0.15) is 44.0 Å². The van der Waals surface area contributed by atoms with Crippen LogP contribution in [0.4, 0.5) is 0 Å². The number of fused-ring (bicyclic) bond motifs is 1. The number of rotatable bonds is 3. The lowest BCUT2D eigenvalue weighted by Gasteiger charge is -2.09. The molecule has 0 saturated heterocycles. The van der Waals surface area contributed by atoms with Gasteiger partial charge in [-0.25, -0.2) is 9.48 Å². The van der Waals surface area contributed by atoms with Gasteiger partial charge in [-0.05, 0) is 42.0 Å². The van der Waals surface area contributed by atoms with Crippen molar-refractivity contribution in [3.8, 4) is 0 Å². The number of carboxylic acids is 1. The van der Waals surface area contributed by atoms with E-state index in [1.165, 1.54) is 23.9 Å². The van der Waals surface area contributed by atoms with Crippen molar-refractivity contribution in [2.75, 3.05) is 0 Å². The normalized spacial score (nSPS) is 33.4. The molecule has 6 heteroatoms. The summed E-state index contributed by atoms with van der Waals surface area (Å²) in [5.41, 5.74) is 0. The van der Waals surface area contributed by atoms with Crippen molar-refractivity contribution >= 4 is 5.97 Å². The van der Waals surface area contributed by atoms with E-state index in [-0.39, 0.29) is 0 Å². The Morgan fingerprint density at radius 2 is 2.19 bits per heavy atom. The van der Waals surface area contributed by atoms with Crippen molar-refractivity contribution in [3.63, 3.8) is 0 Å². The van der Waals surface area contributed by atoms with E-state index in [0.717, 1.165) is 5.82 Å². The lowest BCUT2D eigenvalue weighted by Crippen LogP contribution is -2.19. The van der Waals surface area contributed by atoms with E-state index in [2.05, 4.69) is 15.5 Å². The summed E-state index contributed by atoms with van der Waals surface area (Å²) in [6.07, 6.45) is 3.77. The number of hydrogen-bond donors (Lipinski definition) is 1. The number of tetrazole rings is 1. The SMILES string of the molecule is CC(C(=O)O)n1nnnc1C1C2CCCC21. The standard InChI is InChI=1S/C10H14N4O2/c1-5(10(15)16)14-9(11-12-13-14)8-6-3-2-4-7(6)8/h5-8H,2-4H2,1H3,(H,15,16).